The van der Waals surface area contributed by atoms with Crippen LogP contribution in [-0.4, -0.2) is 77.5 Å². The Hall–Kier alpha value is -2.91. The van der Waals surface area contributed by atoms with E-state index in [0.717, 1.165) is 50.6 Å². The summed E-state index contributed by atoms with van der Waals surface area (Å²) in [5.74, 6) is 0.855. The fraction of sp³-hybridized carbons (Fsp3) is 0.500. The van der Waals surface area contributed by atoms with Gasteiger partial charge >= 0.3 is 0 Å². The first-order chi connectivity index (χ1) is 16.4. The molecule has 9 nitrogen and oxygen atoms in total. The fourth-order valence-electron chi connectivity index (χ4n) is 4.60. The van der Waals surface area contributed by atoms with Crippen LogP contribution in [0.25, 0.3) is 0 Å². The van der Waals surface area contributed by atoms with E-state index in [0.29, 0.717) is 31.0 Å². The van der Waals surface area contributed by atoms with Crippen molar-refractivity contribution < 1.29 is 9.72 Å². The molecule has 0 spiro atoms. The van der Waals surface area contributed by atoms with Crippen molar-refractivity contribution in [3.05, 3.63) is 57.2 Å². The van der Waals surface area contributed by atoms with Crippen LogP contribution in [0.1, 0.15) is 25.0 Å². The largest absolute Gasteiger partial charge is 0.369 e. The number of likely N-dealkylation sites (tertiary alicyclic amines) is 1. The van der Waals surface area contributed by atoms with Gasteiger partial charge in [-0.25, -0.2) is 4.98 Å². The summed E-state index contributed by atoms with van der Waals surface area (Å²) in [4.78, 5) is 34.3. The van der Waals surface area contributed by atoms with E-state index in [9.17, 15) is 14.9 Å². The van der Waals surface area contributed by atoms with Gasteiger partial charge in [-0.05, 0) is 50.1 Å². The van der Waals surface area contributed by atoms with Crippen LogP contribution < -0.4 is 10.2 Å². The maximum absolute atomic E-state index is 12.7. The molecule has 2 aliphatic heterocycles. The van der Waals surface area contributed by atoms with Crippen molar-refractivity contribution in [3.8, 4) is 0 Å². The van der Waals surface area contributed by atoms with E-state index in [4.69, 9.17) is 11.6 Å². The van der Waals surface area contributed by atoms with Gasteiger partial charge in [-0.2, -0.15) is 0 Å². The average Bonchev–Trinajstić information content (AvgIpc) is 2.84. The third-order valence-corrected chi connectivity index (χ3v) is 6.91. The molecule has 2 saturated heterocycles. The second kappa shape index (κ2) is 11.0. The Balaban J connectivity index is 1.16. The minimum absolute atomic E-state index is 0.0253. The Bertz CT molecular complexity index is 1000. The van der Waals surface area contributed by atoms with Gasteiger partial charge in [0.1, 0.15) is 11.5 Å². The van der Waals surface area contributed by atoms with Crippen molar-refractivity contribution in [1.82, 2.24) is 14.8 Å². The number of nitrogens with one attached hydrogen (secondary N) is 1. The zero-order chi connectivity index (χ0) is 24.1. The first-order valence-electron chi connectivity index (χ1n) is 11.8. The van der Waals surface area contributed by atoms with Crippen LogP contribution in [0.5, 0.6) is 0 Å². The van der Waals surface area contributed by atoms with Gasteiger partial charge in [-0.15, -0.1) is 0 Å². The zero-order valence-electron chi connectivity index (χ0n) is 19.5. The van der Waals surface area contributed by atoms with Gasteiger partial charge < -0.3 is 15.1 Å². The van der Waals surface area contributed by atoms with E-state index in [1.807, 2.05) is 17.0 Å². The number of rotatable bonds is 7. The maximum atomic E-state index is 12.7. The number of piperazine rings is 1. The standard InChI is InChI=1S/C24H31ClN6O3/c1-18-22(31(33)34)6-7-23(26-18)27-20-8-12-30(13-9-20)24(32)10-11-28-14-16-29(17-15-28)21-4-2-19(25)3-5-21/h2-7,20H,8-17H2,1H3,(H,26,27). The summed E-state index contributed by atoms with van der Waals surface area (Å²) < 4.78 is 0. The van der Waals surface area contributed by atoms with Crippen molar-refractivity contribution in [2.24, 2.45) is 0 Å². The summed E-state index contributed by atoms with van der Waals surface area (Å²) in [6, 6.07) is 11.3. The summed E-state index contributed by atoms with van der Waals surface area (Å²) in [5.41, 5.74) is 1.62. The topological polar surface area (TPSA) is 94.9 Å². The molecular formula is C24H31ClN6O3. The lowest BCUT2D eigenvalue weighted by Crippen LogP contribution is -2.48. The summed E-state index contributed by atoms with van der Waals surface area (Å²) in [5, 5.41) is 15.1. The number of hydrogen-bond acceptors (Lipinski definition) is 7. The highest BCUT2D eigenvalue weighted by Crippen LogP contribution is 2.22. The molecule has 0 unspecified atom stereocenters. The highest BCUT2D eigenvalue weighted by Gasteiger charge is 2.24. The Labute approximate surface area is 204 Å². The summed E-state index contributed by atoms with van der Waals surface area (Å²) in [6.07, 6.45) is 2.22. The van der Waals surface area contributed by atoms with Gasteiger partial charge in [-0.1, -0.05) is 11.6 Å². The number of pyridine rings is 1. The molecule has 0 radical (unpaired) electrons. The lowest BCUT2D eigenvalue weighted by molar-refractivity contribution is -0.385. The lowest BCUT2D eigenvalue weighted by Gasteiger charge is -2.37. The lowest BCUT2D eigenvalue weighted by atomic mass is 10.0. The highest BCUT2D eigenvalue weighted by molar-refractivity contribution is 6.30. The number of aryl methyl sites for hydroxylation is 1. The average molecular weight is 487 g/mol. The van der Waals surface area contributed by atoms with Gasteiger partial charge in [0.05, 0.1) is 4.92 Å². The number of benzene rings is 1. The summed E-state index contributed by atoms with van der Waals surface area (Å²) in [6.45, 7) is 7.65. The van der Waals surface area contributed by atoms with E-state index < -0.39 is 4.92 Å². The molecule has 1 N–H and O–H groups in total. The molecule has 1 amide bonds. The van der Waals surface area contributed by atoms with Crippen LogP contribution in [0, 0.1) is 17.0 Å². The molecule has 4 rings (SSSR count). The molecular weight excluding hydrogens is 456 g/mol. The molecule has 2 aliphatic rings. The highest BCUT2D eigenvalue weighted by atomic mass is 35.5. The first-order valence-corrected chi connectivity index (χ1v) is 12.2. The third kappa shape index (κ3) is 6.15. The molecule has 2 fully saturated rings. The number of anilines is 2. The Morgan fingerprint density at radius 3 is 2.38 bits per heavy atom. The van der Waals surface area contributed by atoms with Crippen LogP contribution in [-0.2, 0) is 4.79 Å². The number of nitro groups is 1. The van der Waals surface area contributed by atoms with Crippen molar-refractivity contribution in [1.29, 1.82) is 0 Å². The van der Waals surface area contributed by atoms with Crippen molar-refractivity contribution in [2.75, 3.05) is 56.0 Å². The predicted octanol–water partition coefficient (Wildman–Crippen LogP) is 3.57. The molecule has 182 valence electrons. The van der Waals surface area contributed by atoms with Crippen LogP contribution >= 0.6 is 11.6 Å². The van der Waals surface area contributed by atoms with E-state index in [-0.39, 0.29) is 17.6 Å². The number of aromatic nitrogens is 1. The first kappa shape index (κ1) is 24.2. The van der Waals surface area contributed by atoms with E-state index in [1.54, 1.807) is 13.0 Å². The SMILES string of the molecule is Cc1nc(NC2CCN(C(=O)CCN3CCN(c4ccc(Cl)cc4)CC3)CC2)ccc1[N+](=O)[O-]. The number of amides is 1. The van der Waals surface area contributed by atoms with Gasteiger partial charge in [0, 0.05) is 75.1 Å². The monoisotopic (exact) mass is 486 g/mol. The molecule has 0 aliphatic carbocycles. The van der Waals surface area contributed by atoms with Gasteiger partial charge in [0.2, 0.25) is 5.91 Å². The Morgan fingerprint density at radius 2 is 1.76 bits per heavy atom. The number of nitrogens with zero attached hydrogens (tertiary/aromatic N) is 5. The molecule has 0 bridgehead atoms. The quantitative estimate of drug-likeness (QED) is 0.472. The number of halogens is 1. The molecule has 0 atom stereocenters. The number of hydrogen-bond donors (Lipinski definition) is 1. The predicted molar refractivity (Wildman–Crippen MR) is 134 cm³/mol. The minimum atomic E-state index is -0.421. The number of piperidine rings is 1. The van der Waals surface area contributed by atoms with E-state index in [2.05, 4.69) is 32.2 Å². The summed E-state index contributed by atoms with van der Waals surface area (Å²) in [7, 11) is 0. The maximum Gasteiger partial charge on any atom is 0.290 e. The number of carbonyl (C=O) groups excluding carboxylic acids is 1. The fourth-order valence-corrected chi connectivity index (χ4v) is 4.73. The van der Waals surface area contributed by atoms with Crippen LogP contribution in [0.4, 0.5) is 17.2 Å². The van der Waals surface area contributed by atoms with Gasteiger partial charge in [0.15, 0.2) is 0 Å². The molecule has 1 aromatic heterocycles. The van der Waals surface area contributed by atoms with Crippen LogP contribution in [0.15, 0.2) is 36.4 Å². The smallest absolute Gasteiger partial charge is 0.290 e. The van der Waals surface area contributed by atoms with Gasteiger partial charge in [-0.3, -0.25) is 19.8 Å². The van der Waals surface area contributed by atoms with Crippen LogP contribution in [0.3, 0.4) is 0 Å². The molecule has 1 aromatic carbocycles. The molecule has 34 heavy (non-hydrogen) atoms. The number of carbonyl (C=O) groups is 1. The van der Waals surface area contributed by atoms with E-state index in [1.165, 1.54) is 11.8 Å². The molecule has 10 heteroatoms. The second-order valence-corrected chi connectivity index (χ2v) is 9.35. The Kier molecular flexibility index (Phi) is 7.84. The summed E-state index contributed by atoms with van der Waals surface area (Å²) >= 11 is 5.98. The molecule has 0 saturated carbocycles. The van der Waals surface area contributed by atoms with Crippen molar-refractivity contribution in [3.63, 3.8) is 0 Å². The normalized spacial score (nSPS) is 17.6. The third-order valence-electron chi connectivity index (χ3n) is 6.66. The van der Waals surface area contributed by atoms with Crippen LogP contribution in [0.2, 0.25) is 5.02 Å². The second-order valence-electron chi connectivity index (χ2n) is 8.91. The zero-order valence-corrected chi connectivity index (χ0v) is 20.2. The minimum Gasteiger partial charge on any atom is -0.369 e. The van der Waals surface area contributed by atoms with Crippen molar-refractivity contribution in [2.45, 2.75) is 32.2 Å². The van der Waals surface area contributed by atoms with E-state index >= 15 is 0 Å². The molecule has 2 aromatic rings. The van der Waals surface area contributed by atoms with Gasteiger partial charge in [0.25, 0.3) is 5.69 Å². The van der Waals surface area contributed by atoms with Crippen molar-refractivity contribution >= 4 is 34.7 Å². The Morgan fingerprint density at radius 1 is 1.09 bits per heavy atom. The molecule has 3 heterocycles.